The monoisotopic (exact) mass is 181 g/mol. The molecule has 0 heterocycles. The zero-order valence-corrected chi connectivity index (χ0v) is 7.75. The fraction of sp³-hybridized carbons (Fsp3) is 0.636. The van der Waals surface area contributed by atoms with E-state index in [2.05, 4.69) is 0 Å². The smallest absolute Gasteiger partial charge is 0.118 e. The van der Waals surface area contributed by atoms with Crippen molar-refractivity contribution in [3.63, 3.8) is 0 Å². The first-order chi connectivity index (χ1) is 6.27. The summed E-state index contributed by atoms with van der Waals surface area (Å²) in [5.41, 5.74) is 6.00. The van der Waals surface area contributed by atoms with Crippen LogP contribution >= 0.6 is 0 Å². The lowest BCUT2D eigenvalue weighted by atomic mass is 9.84. The Morgan fingerprint density at radius 1 is 1.38 bits per heavy atom. The molecule has 3 atom stereocenters. The fourth-order valence-corrected chi connectivity index (χ4v) is 2.48. The average molecular weight is 181 g/mol. The Bertz CT molecular complexity index is 244. The molecule has 0 aromatic heterocycles. The second-order valence-corrected chi connectivity index (χ2v) is 4.11. The molecule has 0 aromatic carbocycles. The van der Waals surface area contributed by atoms with Gasteiger partial charge in [-0.2, -0.15) is 0 Å². The Balaban J connectivity index is 1.99. The van der Waals surface area contributed by atoms with Gasteiger partial charge in [0.05, 0.1) is 0 Å². The molecular weight excluding hydrogens is 165 g/mol. The van der Waals surface area contributed by atoms with Gasteiger partial charge in [-0.05, 0) is 43.3 Å². The molecule has 1 nitrogen and oxygen atoms in total. The average Bonchev–Trinajstić information content (AvgIpc) is 2.53. The summed E-state index contributed by atoms with van der Waals surface area (Å²) in [6.45, 7) is 0. The first-order valence-corrected chi connectivity index (χ1v) is 5.07. The number of rotatable bonds is 1. The van der Waals surface area contributed by atoms with Crippen molar-refractivity contribution in [1.29, 1.82) is 0 Å². The predicted molar refractivity (Wildman–Crippen MR) is 51.8 cm³/mol. The van der Waals surface area contributed by atoms with E-state index in [4.69, 9.17) is 5.73 Å². The van der Waals surface area contributed by atoms with E-state index < -0.39 is 0 Å². The molecule has 2 aliphatic rings. The summed E-state index contributed by atoms with van der Waals surface area (Å²) in [5.74, 6) is 0.973. The molecule has 0 aliphatic heterocycles. The maximum Gasteiger partial charge on any atom is 0.118 e. The number of nitrogens with two attached hydrogens (primary N) is 1. The third-order valence-corrected chi connectivity index (χ3v) is 3.26. The summed E-state index contributed by atoms with van der Waals surface area (Å²) in [6.07, 6.45) is 9.68. The van der Waals surface area contributed by atoms with Crippen molar-refractivity contribution in [2.75, 3.05) is 0 Å². The van der Waals surface area contributed by atoms with Gasteiger partial charge in [-0.1, -0.05) is 12.5 Å². The minimum absolute atomic E-state index is 0.0946. The highest BCUT2D eigenvalue weighted by Crippen LogP contribution is 2.35. The van der Waals surface area contributed by atoms with E-state index in [1.165, 1.54) is 12.8 Å². The first kappa shape index (κ1) is 8.95. The SMILES string of the molecule is N[C@@H]1CCC[C@@H]1C1C=CC(F)=CC1. The summed E-state index contributed by atoms with van der Waals surface area (Å²) in [4.78, 5) is 0. The van der Waals surface area contributed by atoms with Crippen LogP contribution in [-0.4, -0.2) is 6.04 Å². The zero-order chi connectivity index (χ0) is 9.26. The van der Waals surface area contributed by atoms with Gasteiger partial charge >= 0.3 is 0 Å². The first-order valence-electron chi connectivity index (χ1n) is 5.07. The van der Waals surface area contributed by atoms with Gasteiger partial charge in [0.2, 0.25) is 0 Å². The standard InChI is InChI=1S/C11H16FN/c12-9-6-4-8(5-7-9)10-2-1-3-11(10)13/h4,6-8,10-11H,1-3,5,13H2/t8?,10-,11-/m1/s1. The molecule has 2 N–H and O–H groups in total. The van der Waals surface area contributed by atoms with Crippen molar-refractivity contribution in [1.82, 2.24) is 0 Å². The molecule has 72 valence electrons. The molecule has 1 unspecified atom stereocenters. The van der Waals surface area contributed by atoms with Crippen molar-refractivity contribution >= 4 is 0 Å². The topological polar surface area (TPSA) is 26.0 Å². The number of halogens is 1. The van der Waals surface area contributed by atoms with Crippen molar-refractivity contribution in [2.24, 2.45) is 17.6 Å². The predicted octanol–water partition coefficient (Wildman–Crippen LogP) is 2.54. The molecule has 0 amide bonds. The maximum atomic E-state index is 12.7. The maximum absolute atomic E-state index is 12.7. The van der Waals surface area contributed by atoms with Crippen molar-refractivity contribution in [3.8, 4) is 0 Å². The van der Waals surface area contributed by atoms with E-state index in [0.717, 1.165) is 12.8 Å². The summed E-state index contributed by atoms with van der Waals surface area (Å²) >= 11 is 0. The number of allylic oxidation sites excluding steroid dienone is 4. The van der Waals surface area contributed by atoms with E-state index in [-0.39, 0.29) is 5.83 Å². The summed E-state index contributed by atoms with van der Waals surface area (Å²) < 4.78 is 12.7. The molecule has 2 rings (SSSR count). The van der Waals surface area contributed by atoms with Crippen LogP contribution in [-0.2, 0) is 0 Å². The molecule has 1 fully saturated rings. The highest BCUT2D eigenvalue weighted by Gasteiger charge is 2.30. The van der Waals surface area contributed by atoms with Crippen LogP contribution in [0.15, 0.2) is 24.1 Å². The molecule has 0 spiro atoms. The van der Waals surface area contributed by atoms with Crippen LogP contribution in [0.2, 0.25) is 0 Å². The second kappa shape index (κ2) is 3.62. The lowest BCUT2D eigenvalue weighted by Crippen LogP contribution is -2.29. The minimum atomic E-state index is -0.0946. The molecule has 13 heavy (non-hydrogen) atoms. The quantitative estimate of drug-likeness (QED) is 0.661. The van der Waals surface area contributed by atoms with Crippen LogP contribution in [0.1, 0.15) is 25.7 Å². The summed E-state index contributed by atoms with van der Waals surface area (Å²) in [5, 5.41) is 0. The van der Waals surface area contributed by atoms with Gasteiger partial charge in [0.1, 0.15) is 5.83 Å². The van der Waals surface area contributed by atoms with Gasteiger partial charge in [-0.3, -0.25) is 0 Å². The molecule has 0 bridgehead atoms. The molecule has 2 aliphatic carbocycles. The van der Waals surface area contributed by atoms with Crippen LogP contribution < -0.4 is 5.73 Å². The molecular formula is C11H16FN. The lowest BCUT2D eigenvalue weighted by molar-refractivity contribution is 0.363. The van der Waals surface area contributed by atoms with Gasteiger partial charge in [0, 0.05) is 6.04 Å². The molecule has 2 heteroatoms. The van der Waals surface area contributed by atoms with Gasteiger partial charge in [0.15, 0.2) is 0 Å². The molecule has 0 aromatic rings. The minimum Gasteiger partial charge on any atom is -0.327 e. The highest BCUT2D eigenvalue weighted by molar-refractivity contribution is 5.18. The number of hydrogen-bond donors (Lipinski definition) is 1. The summed E-state index contributed by atoms with van der Waals surface area (Å²) in [7, 11) is 0. The Labute approximate surface area is 78.5 Å². The van der Waals surface area contributed by atoms with Crippen LogP contribution in [0.25, 0.3) is 0 Å². The molecule has 0 saturated heterocycles. The van der Waals surface area contributed by atoms with Crippen molar-refractivity contribution < 1.29 is 4.39 Å². The Hall–Kier alpha value is -0.630. The van der Waals surface area contributed by atoms with Crippen LogP contribution in [0, 0.1) is 11.8 Å². The van der Waals surface area contributed by atoms with E-state index in [0.29, 0.717) is 17.9 Å². The van der Waals surface area contributed by atoms with E-state index in [1.807, 2.05) is 6.08 Å². The fourth-order valence-electron chi connectivity index (χ4n) is 2.48. The zero-order valence-electron chi connectivity index (χ0n) is 7.75. The lowest BCUT2D eigenvalue weighted by Gasteiger charge is -2.24. The van der Waals surface area contributed by atoms with Gasteiger partial charge < -0.3 is 5.73 Å². The van der Waals surface area contributed by atoms with Crippen LogP contribution in [0.5, 0.6) is 0 Å². The van der Waals surface area contributed by atoms with Gasteiger partial charge in [0.25, 0.3) is 0 Å². The Morgan fingerprint density at radius 3 is 2.77 bits per heavy atom. The summed E-state index contributed by atoms with van der Waals surface area (Å²) in [6, 6.07) is 0.337. The highest BCUT2D eigenvalue weighted by atomic mass is 19.1. The Morgan fingerprint density at radius 2 is 2.23 bits per heavy atom. The van der Waals surface area contributed by atoms with Crippen LogP contribution in [0.3, 0.4) is 0 Å². The van der Waals surface area contributed by atoms with E-state index >= 15 is 0 Å². The van der Waals surface area contributed by atoms with Crippen molar-refractivity contribution in [2.45, 2.75) is 31.7 Å². The molecule has 0 radical (unpaired) electrons. The van der Waals surface area contributed by atoms with Crippen LogP contribution in [0.4, 0.5) is 4.39 Å². The van der Waals surface area contributed by atoms with E-state index in [9.17, 15) is 4.39 Å². The Kier molecular flexibility index (Phi) is 2.49. The molecule has 1 saturated carbocycles. The van der Waals surface area contributed by atoms with Crippen molar-refractivity contribution in [3.05, 3.63) is 24.1 Å². The normalized spacial score (nSPS) is 39.2. The van der Waals surface area contributed by atoms with Gasteiger partial charge in [-0.25, -0.2) is 4.39 Å². The van der Waals surface area contributed by atoms with E-state index in [1.54, 1.807) is 12.2 Å². The number of hydrogen-bond acceptors (Lipinski definition) is 1. The van der Waals surface area contributed by atoms with Gasteiger partial charge in [-0.15, -0.1) is 0 Å². The third-order valence-electron chi connectivity index (χ3n) is 3.26. The third kappa shape index (κ3) is 1.83. The largest absolute Gasteiger partial charge is 0.327 e. The second-order valence-electron chi connectivity index (χ2n) is 4.11.